The van der Waals surface area contributed by atoms with E-state index in [4.69, 9.17) is 5.73 Å². The van der Waals surface area contributed by atoms with E-state index in [-0.39, 0.29) is 11.8 Å². The maximum absolute atomic E-state index is 12.5. The van der Waals surface area contributed by atoms with E-state index in [0.29, 0.717) is 48.8 Å². The number of nitrogens with two attached hydrogens (primary N) is 1. The molecule has 41 heavy (non-hydrogen) atoms. The van der Waals surface area contributed by atoms with Crippen molar-refractivity contribution in [1.29, 1.82) is 0 Å². The number of likely N-dealkylation sites (N-methyl/N-ethyl adjacent to an activating group) is 2. The number of amides is 3. The first-order chi connectivity index (χ1) is 19.5. The molecule has 0 aliphatic heterocycles. The molecule has 0 fully saturated rings. The second-order valence-corrected chi connectivity index (χ2v) is 9.91. The monoisotopic (exact) mass is 562 g/mol. The molecule has 0 saturated carbocycles. The molecule has 11 nitrogen and oxygen atoms in total. The second kappa shape index (κ2) is 16.6. The van der Waals surface area contributed by atoms with E-state index in [9.17, 15) is 14.4 Å². The van der Waals surface area contributed by atoms with Gasteiger partial charge in [-0.1, -0.05) is 24.8 Å². The van der Waals surface area contributed by atoms with Crippen molar-refractivity contribution in [3.8, 4) is 11.8 Å². The Labute approximate surface area is 243 Å². The number of primary amides is 1. The summed E-state index contributed by atoms with van der Waals surface area (Å²) in [5.41, 5.74) is 7.16. The van der Waals surface area contributed by atoms with E-state index in [2.05, 4.69) is 39.4 Å². The third-order valence-electron chi connectivity index (χ3n) is 6.15. The Balaban J connectivity index is 1.95. The van der Waals surface area contributed by atoms with E-state index in [1.165, 1.54) is 11.0 Å². The number of nitrogens with one attached hydrogen (secondary N) is 2. The lowest BCUT2D eigenvalue weighted by Crippen LogP contribution is -2.45. The smallest absolute Gasteiger partial charge is 0.248 e. The van der Waals surface area contributed by atoms with E-state index in [1.54, 1.807) is 50.5 Å². The zero-order valence-corrected chi connectivity index (χ0v) is 24.9. The first kappa shape index (κ1) is 32.8. The SMILES string of the molecule is CCCN(C)c1nc(Nc2ccc(C(N)=O)cc2)ncc1C#CCCCNC(=O)[C@H](C)N(C)C(=O)/C=C/CN(C)C. The molecule has 1 heterocycles. The van der Waals surface area contributed by atoms with Gasteiger partial charge in [0.15, 0.2) is 0 Å². The number of aromatic nitrogens is 2. The molecule has 0 radical (unpaired) electrons. The topological polar surface area (TPSA) is 137 Å². The number of unbranched alkanes of at least 4 members (excludes halogenated alkanes) is 1. The lowest BCUT2D eigenvalue weighted by molar-refractivity contribution is -0.135. The second-order valence-electron chi connectivity index (χ2n) is 9.91. The van der Waals surface area contributed by atoms with E-state index < -0.39 is 11.9 Å². The number of hydrogen-bond acceptors (Lipinski definition) is 8. The van der Waals surface area contributed by atoms with Gasteiger partial charge in [-0.15, -0.1) is 0 Å². The summed E-state index contributed by atoms with van der Waals surface area (Å²) < 4.78 is 0. The first-order valence-corrected chi connectivity index (χ1v) is 13.6. The highest BCUT2D eigenvalue weighted by Crippen LogP contribution is 2.20. The number of benzene rings is 1. The van der Waals surface area contributed by atoms with Crippen molar-refractivity contribution in [3.63, 3.8) is 0 Å². The molecule has 2 rings (SSSR count). The number of rotatable bonds is 14. The minimum atomic E-state index is -0.584. The summed E-state index contributed by atoms with van der Waals surface area (Å²) >= 11 is 0. The largest absolute Gasteiger partial charge is 0.366 e. The average molecular weight is 563 g/mol. The van der Waals surface area contributed by atoms with Crippen molar-refractivity contribution in [2.24, 2.45) is 5.73 Å². The van der Waals surface area contributed by atoms with Crippen molar-refractivity contribution >= 4 is 35.2 Å². The summed E-state index contributed by atoms with van der Waals surface area (Å²) in [6.45, 7) is 5.69. The van der Waals surface area contributed by atoms with Crippen LogP contribution in [-0.4, -0.2) is 91.4 Å². The zero-order valence-electron chi connectivity index (χ0n) is 24.9. The van der Waals surface area contributed by atoms with Gasteiger partial charge in [0.25, 0.3) is 0 Å². The van der Waals surface area contributed by atoms with Gasteiger partial charge < -0.3 is 31.1 Å². The van der Waals surface area contributed by atoms with Crippen LogP contribution < -0.4 is 21.3 Å². The Kier molecular flexibility index (Phi) is 13.3. The van der Waals surface area contributed by atoms with Crippen LogP contribution in [0.4, 0.5) is 17.5 Å². The zero-order chi connectivity index (χ0) is 30.4. The number of anilines is 3. The highest BCUT2D eigenvalue weighted by atomic mass is 16.2. The van der Waals surface area contributed by atoms with Gasteiger partial charge in [-0.25, -0.2) is 4.98 Å². The standard InChI is InChI=1S/C30H42N8O3/c1-7-19-37(5)28-24(21-33-30(35-28)34-25-16-14-23(15-17-25)27(31)40)12-9-8-10-18-32-29(41)22(2)38(6)26(39)13-11-20-36(3)4/h11,13-17,21-22H,7-8,10,18-20H2,1-6H3,(H2,31,40)(H,32,41)(H,33,34,35)/b13-11+/t22-/m0/s1. The Hall–Kier alpha value is -4.43. The van der Waals surface area contributed by atoms with Crippen molar-refractivity contribution in [3.05, 3.63) is 53.7 Å². The lowest BCUT2D eigenvalue weighted by atomic mass is 10.2. The van der Waals surface area contributed by atoms with Gasteiger partial charge >= 0.3 is 0 Å². The molecular weight excluding hydrogens is 520 g/mol. The fourth-order valence-electron chi connectivity index (χ4n) is 3.64. The van der Waals surface area contributed by atoms with Crippen LogP contribution in [0.3, 0.4) is 0 Å². The van der Waals surface area contributed by atoms with Crippen molar-refractivity contribution in [2.45, 2.75) is 39.2 Å². The Bertz CT molecular complexity index is 1260. The summed E-state index contributed by atoms with van der Waals surface area (Å²) in [7, 11) is 7.41. The predicted molar refractivity (Wildman–Crippen MR) is 163 cm³/mol. The van der Waals surface area contributed by atoms with Crippen LogP contribution in [0, 0.1) is 11.8 Å². The minimum Gasteiger partial charge on any atom is -0.366 e. The normalized spacial score (nSPS) is 11.5. The van der Waals surface area contributed by atoms with Gasteiger partial charge in [-0.05, 0) is 58.1 Å². The van der Waals surface area contributed by atoms with Crippen LogP contribution in [0.1, 0.15) is 49.0 Å². The van der Waals surface area contributed by atoms with Gasteiger partial charge in [0.1, 0.15) is 11.9 Å². The van der Waals surface area contributed by atoms with Crippen LogP contribution >= 0.6 is 0 Å². The summed E-state index contributed by atoms with van der Waals surface area (Å²) in [4.78, 5) is 50.6. The molecule has 11 heteroatoms. The third-order valence-corrected chi connectivity index (χ3v) is 6.15. The molecule has 1 aromatic heterocycles. The Morgan fingerprint density at radius 3 is 2.46 bits per heavy atom. The lowest BCUT2D eigenvalue weighted by Gasteiger charge is -2.23. The van der Waals surface area contributed by atoms with E-state index in [0.717, 1.165) is 18.7 Å². The molecule has 0 saturated heterocycles. The van der Waals surface area contributed by atoms with Crippen molar-refractivity contribution in [1.82, 2.24) is 25.1 Å². The van der Waals surface area contributed by atoms with Crippen LogP contribution in [0.5, 0.6) is 0 Å². The molecule has 3 amide bonds. The maximum Gasteiger partial charge on any atom is 0.248 e. The van der Waals surface area contributed by atoms with Crippen LogP contribution in [0.2, 0.25) is 0 Å². The molecule has 0 unspecified atom stereocenters. The number of hydrogen-bond donors (Lipinski definition) is 3. The molecule has 0 spiro atoms. The Morgan fingerprint density at radius 1 is 1.12 bits per heavy atom. The first-order valence-electron chi connectivity index (χ1n) is 13.6. The van der Waals surface area contributed by atoms with Gasteiger partial charge in [0, 0.05) is 57.5 Å². The number of carbonyl (C=O) groups is 3. The van der Waals surface area contributed by atoms with Crippen molar-refractivity contribution < 1.29 is 14.4 Å². The van der Waals surface area contributed by atoms with E-state index >= 15 is 0 Å². The fraction of sp³-hybridized carbons (Fsp3) is 0.433. The van der Waals surface area contributed by atoms with Crippen LogP contribution in [0.25, 0.3) is 0 Å². The van der Waals surface area contributed by atoms with Gasteiger partial charge in [0.05, 0.1) is 11.8 Å². The highest BCUT2D eigenvalue weighted by Gasteiger charge is 2.20. The van der Waals surface area contributed by atoms with Gasteiger partial charge in [0.2, 0.25) is 23.7 Å². The molecule has 4 N–H and O–H groups in total. The summed E-state index contributed by atoms with van der Waals surface area (Å²) in [5, 5.41) is 6.03. The highest BCUT2D eigenvalue weighted by molar-refractivity contribution is 5.93. The number of nitrogens with zero attached hydrogens (tertiary/aromatic N) is 5. The molecule has 1 aromatic carbocycles. The molecule has 0 aliphatic carbocycles. The maximum atomic E-state index is 12.5. The molecule has 0 aliphatic rings. The molecular formula is C30H42N8O3. The summed E-state index contributed by atoms with van der Waals surface area (Å²) in [6, 6.07) is 6.18. The Morgan fingerprint density at radius 2 is 1.83 bits per heavy atom. The fourth-order valence-corrected chi connectivity index (χ4v) is 3.64. The predicted octanol–water partition coefficient (Wildman–Crippen LogP) is 2.38. The quantitative estimate of drug-likeness (QED) is 0.181. The van der Waals surface area contributed by atoms with Crippen LogP contribution in [-0.2, 0) is 9.59 Å². The van der Waals surface area contributed by atoms with Gasteiger partial charge in [-0.3, -0.25) is 14.4 Å². The molecule has 2 aromatic rings. The van der Waals surface area contributed by atoms with E-state index in [1.807, 2.05) is 30.9 Å². The number of carbonyl (C=O) groups excluding carboxylic acids is 3. The molecule has 0 bridgehead atoms. The third kappa shape index (κ3) is 10.9. The summed E-state index contributed by atoms with van der Waals surface area (Å²) in [5.74, 6) is 6.52. The van der Waals surface area contributed by atoms with Gasteiger partial charge in [-0.2, -0.15) is 4.98 Å². The minimum absolute atomic E-state index is 0.209. The molecule has 220 valence electrons. The average Bonchev–Trinajstić information content (AvgIpc) is 2.94. The van der Waals surface area contributed by atoms with Crippen LogP contribution in [0.15, 0.2) is 42.6 Å². The molecule has 1 atom stereocenters. The summed E-state index contributed by atoms with van der Waals surface area (Å²) in [6.07, 6.45) is 7.11. The van der Waals surface area contributed by atoms with Crippen molar-refractivity contribution in [2.75, 3.05) is 58.0 Å².